The molecule has 0 aromatic carbocycles. The molecule has 0 fully saturated rings. The van der Waals surface area contributed by atoms with Crippen LogP contribution in [0.1, 0.15) is 27.7 Å². The molecule has 0 saturated heterocycles. The van der Waals surface area contributed by atoms with Crippen molar-refractivity contribution in [3.05, 3.63) is 0 Å². The maximum atomic E-state index is 11.8. The molecule has 1 rings (SSSR count). The molecular formula is C14H24N8O. The van der Waals surface area contributed by atoms with E-state index in [4.69, 9.17) is 0 Å². The average Bonchev–Trinajstić information content (AvgIpc) is 2.42. The van der Waals surface area contributed by atoms with E-state index in [1.165, 1.54) is 4.90 Å². The molecule has 0 aliphatic rings. The van der Waals surface area contributed by atoms with Gasteiger partial charge < -0.3 is 15.5 Å². The quantitative estimate of drug-likeness (QED) is 0.563. The van der Waals surface area contributed by atoms with Gasteiger partial charge in [0, 0.05) is 26.2 Å². The van der Waals surface area contributed by atoms with Crippen LogP contribution in [-0.4, -0.2) is 58.5 Å². The van der Waals surface area contributed by atoms with E-state index >= 15 is 0 Å². The van der Waals surface area contributed by atoms with Crippen molar-refractivity contribution in [1.29, 1.82) is 5.26 Å². The highest BCUT2D eigenvalue weighted by Gasteiger charge is 2.18. The topological polar surface area (TPSA) is 110 Å². The summed E-state index contributed by atoms with van der Waals surface area (Å²) in [5, 5.41) is 15.5. The van der Waals surface area contributed by atoms with Crippen LogP contribution in [0.25, 0.3) is 0 Å². The molecule has 23 heavy (non-hydrogen) atoms. The zero-order valence-electron chi connectivity index (χ0n) is 14.5. The molecule has 0 spiro atoms. The fourth-order valence-electron chi connectivity index (χ4n) is 1.56. The molecule has 9 heteroatoms. The number of hydrogen-bond donors (Lipinski definition) is 2. The van der Waals surface area contributed by atoms with Crippen LogP contribution >= 0.6 is 0 Å². The van der Waals surface area contributed by atoms with E-state index in [1.807, 2.05) is 33.9 Å². The molecule has 0 atom stereocenters. The summed E-state index contributed by atoms with van der Waals surface area (Å²) in [4.78, 5) is 27.1. The second kappa shape index (κ2) is 8.12. The van der Waals surface area contributed by atoms with Crippen LogP contribution in [0, 0.1) is 11.5 Å². The third kappa shape index (κ3) is 5.94. The molecule has 0 bridgehead atoms. The minimum absolute atomic E-state index is 0.121. The number of carbonyl (C=O) groups is 1. The Morgan fingerprint density at radius 3 is 1.91 bits per heavy atom. The number of nitriles is 1. The average molecular weight is 320 g/mol. The summed E-state index contributed by atoms with van der Waals surface area (Å²) < 4.78 is 0. The maximum absolute atomic E-state index is 11.8. The van der Waals surface area contributed by atoms with Crippen molar-refractivity contribution >= 4 is 23.8 Å². The summed E-state index contributed by atoms with van der Waals surface area (Å²) in [7, 11) is 3.26. The third-order valence-electron chi connectivity index (χ3n) is 2.61. The summed E-state index contributed by atoms with van der Waals surface area (Å²) in [5.41, 5.74) is 0. The molecule has 0 radical (unpaired) electrons. The Kier molecular flexibility index (Phi) is 6.50. The van der Waals surface area contributed by atoms with E-state index in [0.717, 1.165) is 4.90 Å². The van der Waals surface area contributed by atoms with Crippen molar-refractivity contribution in [2.45, 2.75) is 39.8 Å². The maximum Gasteiger partial charge on any atom is 0.245 e. The number of rotatable bonds is 7. The first-order valence-corrected chi connectivity index (χ1v) is 7.39. The molecule has 0 saturated carbocycles. The highest BCUT2D eigenvalue weighted by molar-refractivity contribution is 5.81. The van der Waals surface area contributed by atoms with Crippen LogP contribution < -0.4 is 15.5 Å². The zero-order valence-corrected chi connectivity index (χ0v) is 14.5. The number of anilines is 3. The van der Waals surface area contributed by atoms with Crippen molar-refractivity contribution in [3.63, 3.8) is 0 Å². The van der Waals surface area contributed by atoms with Crippen molar-refractivity contribution in [3.8, 4) is 6.19 Å². The van der Waals surface area contributed by atoms with Crippen molar-refractivity contribution in [2.24, 2.45) is 0 Å². The van der Waals surface area contributed by atoms with Crippen LogP contribution in [-0.2, 0) is 4.79 Å². The summed E-state index contributed by atoms with van der Waals surface area (Å²) in [6.07, 6.45) is 1.94. The number of carbonyl (C=O) groups excluding carboxylic acids is 1. The van der Waals surface area contributed by atoms with Crippen molar-refractivity contribution < 1.29 is 4.79 Å². The van der Waals surface area contributed by atoms with E-state index in [1.54, 1.807) is 14.1 Å². The number of hydrogen-bond acceptors (Lipinski definition) is 8. The molecule has 126 valence electrons. The Morgan fingerprint density at radius 1 is 1.09 bits per heavy atom. The van der Waals surface area contributed by atoms with Gasteiger partial charge in [0.15, 0.2) is 6.19 Å². The number of aromatic nitrogens is 3. The molecular weight excluding hydrogens is 296 g/mol. The Hall–Kier alpha value is -2.63. The second-order valence-corrected chi connectivity index (χ2v) is 5.86. The highest BCUT2D eigenvalue weighted by Crippen LogP contribution is 2.14. The Labute approximate surface area is 136 Å². The van der Waals surface area contributed by atoms with E-state index in [-0.39, 0.29) is 30.5 Å². The van der Waals surface area contributed by atoms with Gasteiger partial charge in [0.25, 0.3) is 0 Å². The lowest BCUT2D eigenvalue weighted by Crippen LogP contribution is -2.35. The van der Waals surface area contributed by atoms with Gasteiger partial charge in [-0.2, -0.15) is 20.2 Å². The number of amides is 1. The fourth-order valence-corrected chi connectivity index (χ4v) is 1.56. The SMILES string of the molecule is CC(C)Nc1nc(NC(C)C)nc(N(C#N)CC(=O)N(C)C)n1. The Morgan fingerprint density at radius 2 is 1.57 bits per heavy atom. The van der Waals surface area contributed by atoms with E-state index in [9.17, 15) is 10.1 Å². The molecule has 9 nitrogen and oxygen atoms in total. The first-order valence-electron chi connectivity index (χ1n) is 7.39. The van der Waals surface area contributed by atoms with Gasteiger partial charge in [0.2, 0.25) is 23.8 Å². The lowest BCUT2D eigenvalue weighted by Gasteiger charge is -2.18. The zero-order chi connectivity index (χ0) is 17.6. The van der Waals surface area contributed by atoms with Gasteiger partial charge in [-0.15, -0.1) is 0 Å². The normalized spacial score (nSPS) is 10.4. The van der Waals surface area contributed by atoms with Crippen LogP contribution in [0.5, 0.6) is 0 Å². The molecule has 1 aromatic rings. The lowest BCUT2D eigenvalue weighted by molar-refractivity contribution is -0.127. The van der Waals surface area contributed by atoms with Crippen molar-refractivity contribution in [1.82, 2.24) is 19.9 Å². The van der Waals surface area contributed by atoms with Gasteiger partial charge >= 0.3 is 0 Å². The summed E-state index contributed by atoms with van der Waals surface area (Å²) in [5.74, 6) is 0.615. The highest BCUT2D eigenvalue weighted by atomic mass is 16.2. The van der Waals surface area contributed by atoms with Gasteiger partial charge in [-0.1, -0.05) is 0 Å². The first kappa shape index (κ1) is 18.4. The van der Waals surface area contributed by atoms with Crippen LogP contribution in [0.4, 0.5) is 17.8 Å². The lowest BCUT2D eigenvalue weighted by atomic mass is 10.4. The molecule has 1 aromatic heterocycles. The van der Waals surface area contributed by atoms with E-state index in [2.05, 4.69) is 25.6 Å². The summed E-state index contributed by atoms with van der Waals surface area (Å²) >= 11 is 0. The molecule has 0 unspecified atom stereocenters. The minimum atomic E-state index is -0.219. The number of nitrogens with zero attached hydrogens (tertiary/aromatic N) is 6. The summed E-state index contributed by atoms with van der Waals surface area (Å²) in [6, 6.07) is 0.243. The van der Waals surface area contributed by atoms with Crippen molar-refractivity contribution in [2.75, 3.05) is 36.2 Å². The van der Waals surface area contributed by atoms with Gasteiger partial charge in [-0.25, -0.2) is 4.90 Å². The molecule has 0 aliphatic carbocycles. The minimum Gasteiger partial charge on any atom is -0.352 e. The number of nitrogens with one attached hydrogen (secondary N) is 2. The third-order valence-corrected chi connectivity index (χ3v) is 2.61. The van der Waals surface area contributed by atoms with E-state index in [0.29, 0.717) is 11.9 Å². The standard InChI is InChI=1S/C14H24N8O/c1-9(2)16-12-18-13(17-10(3)4)20-14(19-12)22(8-15)7-11(23)21(5)6/h9-10H,7H2,1-6H3,(H2,16,17,18,19,20). The predicted molar refractivity (Wildman–Crippen MR) is 89.0 cm³/mol. The molecule has 1 heterocycles. The smallest absolute Gasteiger partial charge is 0.245 e. The molecule has 1 amide bonds. The van der Waals surface area contributed by atoms with Gasteiger partial charge in [0.1, 0.15) is 6.54 Å². The van der Waals surface area contributed by atoms with Gasteiger partial charge in [-0.3, -0.25) is 4.79 Å². The first-order chi connectivity index (χ1) is 10.7. The molecule has 2 N–H and O–H groups in total. The van der Waals surface area contributed by atoms with E-state index < -0.39 is 0 Å². The number of likely N-dealkylation sites (N-methyl/N-ethyl adjacent to an activating group) is 1. The Balaban J connectivity index is 3.15. The second-order valence-electron chi connectivity index (χ2n) is 5.86. The largest absolute Gasteiger partial charge is 0.352 e. The molecule has 0 aliphatic heterocycles. The monoisotopic (exact) mass is 320 g/mol. The predicted octanol–water partition coefficient (Wildman–Crippen LogP) is 0.888. The summed E-state index contributed by atoms with van der Waals surface area (Å²) in [6.45, 7) is 7.69. The van der Waals surface area contributed by atoms with Crippen LogP contribution in [0.3, 0.4) is 0 Å². The van der Waals surface area contributed by atoms with Gasteiger partial charge in [0.05, 0.1) is 0 Å². The van der Waals surface area contributed by atoms with Crippen LogP contribution in [0.2, 0.25) is 0 Å². The Bertz CT molecular complexity index is 550. The fraction of sp³-hybridized carbons (Fsp3) is 0.643. The van der Waals surface area contributed by atoms with Gasteiger partial charge in [-0.05, 0) is 27.7 Å². The van der Waals surface area contributed by atoms with Crippen LogP contribution in [0.15, 0.2) is 0 Å².